The van der Waals surface area contributed by atoms with E-state index in [1.165, 1.54) is 4.88 Å². The van der Waals surface area contributed by atoms with Crippen molar-refractivity contribution in [2.45, 2.75) is 19.4 Å². The lowest BCUT2D eigenvalue weighted by Gasteiger charge is -2.09. The molecule has 1 unspecified atom stereocenters. The SMILES string of the molecule is CC(NCCC#N)c1cccs1. The minimum atomic E-state index is 0.373. The first-order chi connectivity index (χ1) is 5.84. The van der Waals surface area contributed by atoms with Gasteiger partial charge in [-0.25, -0.2) is 0 Å². The molecule has 12 heavy (non-hydrogen) atoms. The van der Waals surface area contributed by atoms with Gasteiger partial charge in [0.1, 0.15) is 0 Å². The Balaban J connectivity index is 2.30. The van der Waals surface area contributed by atoms with Crippen LogP contribution in [0.2, 0.25) is 0 Å². The largest absolute Gasteiger partial charge is 0.308 e. The van der Waals surface area contributed by atoms with Crippen LogP contribution in [0.25, 0.3) is 0 Å². The van der Waals surface area contributed by atoms with E-state index in [1.54, 1.807) is 11.3 Å². The monoisotopic (exact) mass is 180 g/mol. The maximum atomic E-state index is 8.32. The van der Waals surface area contributed by atoms with Crippen LogP contribution >= 0.6 is 11.3 Å². The van der Waals surface area contributed by atoms with E-state index >= 15 is 0 Å². The van der Waals surface area contributed by atoms with Crippen LogP contribution in [0.1, 0.15) is 24.3 Å². The smallest absolute Gasteiger partial charge is 0.0635 e. The van der Waals surface area contributed by atoms with E-state index in [0.29, 0.717) is 12.5 Å². The second-order valence-electron chi connectivity index (χ2n) is 2.60. The molecule has 1 aromatic heterocycles. The molecular formula is C9H12N2S. The molecule has 0 saturated carbocycles. The van der Waals surface area contributed by atoms with Gasteiger partial charge in [-0.05, 0) is 18.4 Å². The molecule has 0 saturated heterocycles. The summed E-state index contributed by atoms with van der Waals surface area (Å²) in [5, 5.41) is 13.7. The van der Waals surface area contributed by atoms with Crippen LogP contribution in [-0.2, 0) is 0 Å². The van der Waals surface area contributed by atoms with Crippen LogP contribution in [0, 0.1) is 11.3 Å². The number of nitriles is 1. The topological polar surface area (TPSA) is 35.8 Å². The van der Waals surface area contributed by atoms with Crippen molar-refractivity contribution in [3.8, 4) is 6.07 Å². The van der Waals surface area contributed by atoms with Crippen LogP contribution in [0.5, 0.6) is 0 Å². The minimum absolute atomic E-state index is 0.373. The lowest BCUT2D eigenvalue weighted by atomic mass is 10.2. The van der Waals surface area contributed by atoms with Crippen molar-refractivity contribution >= 4 is 11.3 Å². The van der Waals surface area contributed by atoms with E-state index in [9.17, 15) is 0 Å². The van der Waals surface area contributed by atoms with Crippen LogP contribution in [0.4, 0.5) is 0 Å². The predicted octanol–water partition coefficient (Wildman–Crippen LogP) is 2.31. The number of nitrogens with one attached hydrogen (secondary N) is 1. The summed E-state index contributed by atoms with van der Waals surface area (Å²) in [5.74, 6) is 0. The van der Waals surface area contributed by atoms with Crippen LogP contribution in [0.15, 0.2) is 17.5 Å². The Morgan fingerprint density at radius 2 is 2.58 bits per heavy atom. The summed E-state index contributed by atoms with van der Waals surface area (Å²) in [6.07, 6.45) is 0.579. The molecule has 1 aromatic rings. The van der Waals surface area contributed by atoms with Crippen molar-refractivity contribution in [3.05, 3.63) is 22.4 Å². The van der Waals surface area contributed by atoms with Gasteiger partial charge < -0.3 is 5.32 Å². The first kappa shape index (κ1) is 9.24. The van der Waals surface area contributed by atoms with Gasteiger partial charge in [0.05, 0.1) is 6.07 Å². The van der Waals surface area contributed by atoms with Gasteiger partial charge in [-0.3, -0.25) is 0 Å². The lowest BCUT2D eigenvalue weighted by molar-refractivity contribution is 0.591. The first-order valence-corrected chi connectivity index (χ1v) is 4.86. The summed E-state index contributed by atoms with van der Waals surface area (Å²) in [6.45, 7) is 2.89. The van der Waals surface area contributed by atoms with Gasteiger partial charge in [0, 0.05) is 23.9 Å². The fourth-order valence-corrected chi connectivity index (χ4v) is 1.74. The molecule has 0 aliphatic heterocycles. The Hall–Kier alpha value is -0.850. The molecule has 64 valence electrons. The highest BCUT2D eigenvalue weighted by Crippen LogP contribution is 2.17. The van der Waals surface area contributed by atoms with Gasteiger partial charge in [-0.2, -0.15) is 5.26 Å². The van der Waals surface area contributed by atoms with Gasteiger partial charge in [-0.1, -0.05) is 6.07 Å². The summed E-state index contributed by atoms with van der Waals surface area (Å²) in [4.78, 5) is 1.33. The zero-order chi connectivity index (χ0) is 8.81. The Labute approximate surface area is 76.8 Å². The molecule has 0 fully saturated rings. The summed E-state index contributed by atoms with van der Waals surface area (Å²) in [7, 11) is 0. The van der Waals surface area contributed by atoms with Crippen molar-refractivity contribution < 1.29 is 0 Å². The number of thiophene rings is 1. The lowest BCUT2D eigenvalue weighted by Crippen LogP contribution is -2.18. The fourth-order valence-electron chi connectivity index (χ4n) is 0.983. The highest BCUT2D eigenvalue weighted by atomic mass is 32.1. The molecule has 0 aromatic carbocycles. The number of hydrogen-bond acceptors (Lipinski definition) is 3. The molecule has 3 heteroatoms. The highest BCUT2D eigenvalue weighted by molar-refractivity contribution is 7.10. The second-order valence-corrected chi connectivity index (χ2v) is 3.58. The molecule has 2 nitrogen and oxygen atoms in total. The maximum Gasteiger partial charge on any atom is 0.0635 e. The average Bonchev–Trinajstić information content (AvgIpc) is 2.56. The zero-order valence-corrected chi connectivity index (χ0v) is 7.90. The first-order valence-electron chi connectivity index (χ1n) is 3.98. The minimum Gasteiger partial charge on any atom is -0.308 e. The molecule has 0 bridgehead atoms. The quantitative estimate of drug-likeness (QED) is 0.722. The van der Waals surface area contributed by atoms with Crippen LogP contribution in [-0.4, -0.2) is 6.54 Å². The molecule has 0 radical (unpaired) electrons. The Bertz CT molecular complexity index is 248. The van der Waals surface area contributed by atoms with Crippen molar-refractivity contribution in [3.63, 3.8) is 0 Å². The van der Waals surface area contributed by atoms with Crippen LogP contribution < -0.4 is 5.32 Å². The highest BCUT2D eigenvalue weighted by Gasteiger charge is 2.03. The molecule has 1 heterocycles. The summed E-state index contributed by atoms with van der Waals surface area (Å²) >= 11 is 1.74. The van der Waals surface area contributed by atoms with Gasteiger partial charge in [-0.15, -0.1) is 11.3 Å². The van der Waals surface area contributed by atoms with E-state index < -0.39 is 0 Å². The van der Waals surface area contributed by atoms with Crippen molar-refractivity contribution in [2.24, 2.45) is 0 Å². The second kappa shape index (κ2) is 4.91. The Kier molecular flexibility index (Phi) is 3.78. The Morgan fingerprint density at radius 3 is 3.17 bits per heavy atom. The van der Waals surface area contributed by atoms with Gasteiger partial charge >= 0.3 is 0 Å². The van der Waals surface area contributed by atoms with Crippen molar-refractivity contribution in [2.75, 3.05) is 6.54 Å². The predicted molar refractivity (Wildman–Crippen MR) is 51.0 cm³/mol. The average molecular weight is 180 g/mol. The van der Waals surface area contributed by atoms with E-state index in [0.717, 1.165) is 6.54 Å². The van der Waals surface area contributed by atoms with Gasteiger partial charge in [0.15, 0.2) is 0 Å². The Morgan fingerprint density at radius 1 is 1.75 bits per heavy atom. The van der Waals surface area contributed by atoms with Crippen LogP contribution in [0.3, 0.4) is 0 Å². The maximum absolute atomic E-state index is 8.32. The molecule has 0 spiro atoms. The molecule has 1 atom stereocenters. The fraction of sp³-hybridized carbons (Fsp3) is 0.444. The third-order valence-electron chi connectivity index (χ3n) is 1.66. The molecule has 0 amide bonds. The number of hydrogen-bond donors (Lipinski definition) is 1. The molecule has 0 aliphatic carbocycles. The molecule has 0 aliphatic rings. The number of rotatable bonds is 4. The van der Waals surface area contributed by atoms with Gasteiger partial charge in [0.2, 0.25) is 0 Å². The zero-order valence-electron chi connectivity index (χ0n) is 7.08. The molecule has 1 N–H and O–H groups in total. The third kappa shape index (κ3) is 2.65. The molecular weight excluding hydrogens is 168 g/mol. The molecule has 1 rings (SSSR count). The normalized spacial score (nSPS) is 12.3. The third-order valence-corrected chi connectivity index (χ3v) is 2.71. The summed E-state index contributed by atoms with van der Waals surface area (Å²) < 4.78 is 0. The summed E-state index contributed by atoms with van der Waals surface area (Å²) in [6, 6.07) is 6.63. The standard InChI is InChI=1S/C9H12N2S/c1-8(11-6-3-5-10)9-4-2-7-12-9/h2,4,7-8,11H,3,6H2,1H3. The van der Waals surface area contributed by atoms with Crippen molar-refractivity contribution in [1.29, 1.82) is 5.26 Å². The number of nitrogens with zero attached hydrogens (tertiary/aromatic N) is 1. The van der Waals surface area contributed by atoms with Gasteiger partial charge in [0.25, 0.3) is 0 Å². The van der Waals surface area contributed by atoms with E-state index in [4.69, 9.17) is 5.26 Å². The van der Waals surface area contributed by atoms with E-state index in [-0.39, 0.29) is 0 Å². The van der Waals surface area contributed by atoms with E-state index in [1.807, 2.05) is 6.07 Å². The summed E-state index contributed by atoms with van der Waals surface area (Å²) in [5.41, 5.74) is 0. The van der Waals surface area contributed by atoms with Crippen molar-refractivity contribution in [1.82, 2.24) is 5.32 Å². The van der Waals surface area contributed by atoms with E-state index in [2.05, 4.69) is 29.8 Å².